The van der Waals surface area contributed by atoms with Gasteiger partial charge in [0.25, 0.3) is 0 Å². The first-order chi connectivity index (χ1) is 14.6. The zero-order chi connectivity index (χ0) is 22.4. The highest BCUT2D eigenvalue weighted by Crippen LogP contribution is 2.37. The number of rotatable bonds is 4. The summed E-state index contributed by atoms with van der Waals surface area (Å²) in [5, 5.41) is 10.3. The first-order valence-corrected chi connectivity index (χ1v) is 13.9. The number of hydrogen-bond acceptors (Lipinski definition) is 4. The Hall–Kier alpha value is -1.99. The van der Waals surface area contributed by atoms with E-state index in [4.69, 9.17) is 32.6 Å². The zero-order valence-corrected chi connectivity index (χ0v) is 20.9. The SMILES string of the molecule is CC(C)(C)[Si](C)(C)OCc1nnc2n1-c1ccc(Cl)cc1C(c1ccccc1Cl)=NC2. The molecule has 162 valence electrons. The van der Waals surface area contributed by atoms with Crippen LogP contribution in [0.1, 0.15) is 43.5 Å². The quantitative estimate of drug-likeness (QED) is 0.410. The van der Waals surface area contributed by atoms with Gasteiger partial charge in [0.05, 0.1) is 18.0 Å². The number of nitrogens with zero attached hydrogens (tertiary/aromatic N) is 4. The standard InChI is InChI=1S/C23H26Cl2N4OSi/c1-23(2,3)31(4,5)30-14-21-28-27-20-13-26-22(16-8-6-7-9-18(16)25)17-12-15(24)10-11-19(17)29(20)21/h6-12H,13-14H2,1-5H3. The van der Waals surface area contributed by atoms with E-state index in [0.717, 1.165) is 34.2 Å². The Morgan fingerprint density at radius 2 is 1.77 bits per heavy atom. The average Bonchev–Trinajstić information content (AvgIpc) is 3.03. The maximum Gasteiger partial charge on any atom is 0.192 e. The minimum Gasteiger partial charge on any atom is -0.409 e. The minimum absolute atomic E-state index is 0.112. The molecule has 0 aliphatic carbocycles. The second kappa shape index (κ2) is 8.17. The zero-order valence-electron chi connectivity index (χ0n) is 18.4. The molecule has 3 aromatic rings. The van der Waals surface area contributed by atoms with Crippen molar-refractivity contribution in [1.29, 1.82) is 0 Å². The van der Waals surface area contributed by atoms with Gasteiger partial charge in [-0.15, -0.1) is 10.2 Å². The van der Waals surface area contributed by atoms with Gasteiger partial charge >= 0.3 is 0 Å². The van der Waals surface area contributed by atoms with Gasteiger partial charge in [0.2, 0.25) is 0 Å². The summed E-state index contributed by atoms with van der Waals surface area (Å²) in [6.07, 6.45) is 0. The fraction of sp³-hybridized carbons (Fsp3) is 0.348. The van der Waals surface area contributed by atoms with Crippen molar-refractivity contribution in [1.82, 2.24) is 14.8 Å². The maximum atomic E-state index is 6.51. The summed E-state index contributed by atoms with van der Waals surface area (Å²) in [6.45, 7) is 11.9. The van der Waals surface area contributed by atoms with E-state index in [0.29, 0.717) is 23.2 Å². The van der Waals surface area contributed by atoms with Crippen molar-refractivity contribution in [3.63, 3.8) is 0 Å². The molecule has 0 N–H and O–H groups in total. The van der Waals surface area contributed by atoms with E-state index in [2.05, 4.69) is 44.1 Å². The average molecular weight is 473 g/mol. The summed E-state index contributed by atoms with van der Waals surface area (Å²) < 4.78 is 8.49. The molecule has 0 unspecified atom stereocenters. The van der Waals surface area contributed by atoms with E-state index in [1.165, 1.54) is 0 Å². The topological polar surface area (TPSA) is 52.3 Å². The van der Waals surface area contributed by atoms with Crippen LogP contribution >= 0.6 is 23.2 Å². The first-order valence-electron chi connectivity index (χ1n) is 10.3. The molecule has 0 saturated heterocycles. The van der Waals surface area contributed by atoms with Crippen LogP contribution in [0.4, 0.5) is 0 Å². The van der Waals surface area contributed by atoms with E-state index in [1.54, 1.807) is 0 Å². The molecule has 31 heavy (non-hydrogen) atoms. The van der Waals surface area contributed by atoms with Gasteiger partial charge in [0.15, 0.2) is 20.0 Å². The summed E-state index contributed by atoms with van der Waals surface area (Å²) >= 11 is 12.9. The van der Waals surface area contributed by atoms with Crippen LogP contribution in [0.5, 0.6) is 0 Å². The van der Waals surface area contributed by atoms with Gasteiger partial charge in [-0.1, -0.05) is 62.2 Å². The van der Waals surface area contributed by atoms with Gasteiger partial charge < -0.3 is 4.43 Å². The summed E-state index contributed by atoms with van der Waals surface area (Å²) in [4.78, 5) is 4.86. The predicted octanol–water partition coefficient (Wildman–Crippen LogP) is 6.45. The second-order valence-electron chi connectivity index (χ2n) is 9.22. The molecular formula is C23H26Cl2N4OSi. The lowest BCUT2D eigenvalue weighted by Crippen LogP contribution is -2.40. The monoisotopic (exact) mass is 472 g/mol. The Morgan fingerprint density at radius 3 is 2.48 bits per heavy atom. The Morgan fingerprint density at radius 1 is 1.03 bits per heavy atom. The molecule has 4 rings (SSSR count). The Balaban J connectivity index is 1.80. The van der Waals surface area contributed by atoms with Gasteiger partial charge in [0, 0.05) is 21.2 Å². The fourth-order valence-corrected chi connectivity index (χ4v) is 4.62. The number of benzene rings is 2. The van der Waals surface area contributed by atoms with Crippen LogP contribution in [0.2, 0.25) is 28.2 Å². The molecule has 2 heterocycles. The van der Waals surface area contributed by atoms with Crippen molar-refractivity contribution in [2.75, 3.05) is 0 Å². The molecule has 0 atom stereocenters. The number of aliphatic imine (C=N–C) groups is 1. The highest BCUT2D eigenvalue weighted by atomic mass is 35.5. The Bertz CT molecular complexity index is 1160. The predicted molar refractivity (Wildman–Crippen MR) is 129 cm³/mol. The summed E-state index contributed by atoms with van der Waals surface area (Å²) in [6, 6.07) is 13.5. The fourth-order valence-electron chi connectivity index (χ4n) is 3.30. The number of aromatic nitrogens is 3. The van der Waals surface area contributed by atoms with Crippen molar-refractivity contribution >= 4 is 37.2 Å². The van der Waals surface area contributed by atoms with Crippen molar-refractivity contribution in [2.24, 2.45) is 4.99 Å². The van der Waals surface area contributed by atoms with Crippen LogP contribution in [-0.2, 0) is 17.6 Å². The second-order valence-corrected chi connectivity index (χ2v) is 14.9. The lowest BCUT2D eigenvalue weighted by atomic mass is 10.0. The molecule has 8 heteroatoms. The lowest BCUT2D eigenvalue weighted by Gasteiger charge is -2.36. The first kappa shape index (κ1) is 22.2. The van der Waals surface area contributed by atoms with E-state index >= 15 is 0 Å². The highest BCUT2D eigenvalue weighted by molar-refractivity contribution is 6.74. The Labute approximate surface area is 194 Å². The van der Waals surface area contributed by atoms with Crippen LogP contribution in [0, 0.1) is 0 Å². The van der Waals surface area contributed by atoms with Crippen LogP contribution in [0.25, 0.3) is 5.69 Å². The van der Waals surface area contributed by atoms with Gasteiger partial charge in [-0.2, -0.15) is 0 Å². The highest BCUT2D eigenvalue weighted by Gasteiger charge is 2.37. The Kier molecular flexibility index (Phi) is 5.85. The third-order valence-corrected chi connectivity index (χ3v) is 11.2. The molecular weight excluding hydrogens is 447 g/mol. The summed E-state index contributed by atoms with van der Waals surface area (Å²) in [7, 11) is -1.94. The third-order valence-electron chi connectivity index (χ3n) is 6.13. The van der Waals surface area contributed by atoms with Gasteiger partial charge in [-0.3, -0.25) is 9.56 Å². The van der Waals surface area contributed by atoms with Crippen molar-refractivity contribution in [3.8, 4) is 5.69 Å². The van der Waals surface area contributed by atoms with Crippen LogP contribution in [0.15, 0.2) is 47.5 Å². The maximum absolute atomic E-state index is 6.51. The summed E-state index contributed by atoms with van der Waals surface area (Å²) in [5.74, 6) is 1.53. The molecule has 0 fully saturated rings. The summed E-state index contributed by atoms with van der Waals surface area (Å²) in [5.41, 5.74) is 3.48. The molecule has 0 saturated carbocycles. The van der Waals surface area contributed by atoms with E-state index in [1.807, 2.05) is 47.0 Å². The molecule has 1 aliphatic rings. The van der Waals surface area contributed by atoms with Gasteiger partial charge in [0.1, 0.15) is 6.54 Å². The van der Waals surface area contributed by atoms with Crippen LogP contribution in [0.3, 0.4) is 0 Å². The normalized spacial score (nSPS) is 14.0. The molecule has 0 amide bonds. The third kappa shape index (κ3) is 4.22. The molecule has 2 aromatic carbocycles. The molecule has 0 bridgehead atoms. The van der Waals surface area contributed by atoms with Gasteiger partial charge in [-0.25, -0.2) is 0 Å². The smallest absolute Gasteiger partial charge is 0.192 e. The molecule has 0 radical (unpaired) electrons. The van der Waals surface area contributed by atoms with E-state index in [-0.39, 0.29) is 5.04 Å². The largest absolute Gasteiger partial charge is 0.409 e. The van der Waals surface area contributed by atoms with E-state index in [9.17, 15) is 0 Å². The number of halogens is 2. The number of fused-ring (bicyclic) bond motifs is 3. The number of hydrogen-bond donors (Lipinski definition) is 0. The van der Waals surface area contributed by atoms with Crippen molar-refractivity contribution in [2.45, 2.75) is 52.1 Å². The van der Waals surface area contributed by atoms with Crippen LogP contribution in [-0.4, -0.2) is 28.8 Å². The van der Waals surface area contributed by atoms with Crippen molar-refractivity contribution in [3.05, 3.63) is 75.3 Å². The van der Waals surface area contributed by atoms with Crippen molar-refractivity contribution < 1.29 is 4.43 Å². The molecule has 5 nitrogen and oxygen atoms in total. The molecule has 1 aromatic heterocycles. The lowest BCUT2D eigenvalue weighted by molar-refractivity contribution is 0.265. The van der Waals surface area contributed by atoms with Gasteiger partial charge in [-0.05, 0) is 42.4 Å². The minimum atomic E-state index is -1.94. The van der Waals surface area contributed by atoms with Crippen LogP contribution < -0.4 is 0 Å². The molecule has 0 spiro atoms. The van der Waals surface area contributed by atoms with E-state index < -0.39 is 8.32 Å². The molecule has 1 aliphatic heterocycles.